The van der Waals surface area contributed by atoms with Gasteiger partial charge in [-0.3, -0.25) is 9.69 Å². The molecule has 1 atom stereocenters. The highest BCUT2D eigenvalue weighted by Gasteiger charge is 2.26. The fraction of sp³-hybridized carbons (Fsp3) is 0.278. The maximum Gasteiger partial charge on any atom is 0.326 e. The van der Waals surface area contributed by atoms with Crippen LogP contribution in [0.1, 0.15) is 26.0 Å². The lowest BCUT2D eigenvalue weighted by Gasteiger charge is -2.29. The van der Waals surface area contributed by atoms with E-state index in [1.807, 2.05) is 50.2 Å². The van der Waals surface area contributed by atoms with Gasteiger partial charge in [-0.25, -0.2) is 9.78 Å². The smallest absolute Gasteiger partial charge is 0.326 e. The Bertz CT molecular complexity index is 761. The highest BCUT2D eigenvalue weighted by atomic mass is 16.2. The van der Waals surface area contributed by atoms with Crippen molar-refractivity contribution in [1.82, 2.24) is 10.3 Å². The number of carbonyl (C=O) groups is 2. The van der Waals surface area contributed by atoms with E-state index in [4.69, 9.17) is 0 Å². The molecule has 0 aliphatic carbocycles. The van der Waals surface area contributed by atoms with Crippen molar-refractivity contribution in [3.63, 3.8) is 0 Å². The van der Waals surface area contributed by atoms with E-state index in [1.54, 1.807) is 11.0 Å². The summed E-state index contributed by atoms with van der Waals surface area (Å²) in [5.41, 5.74) is 2.22. The summed E-state index contributed by atoms with van der Waals surface area (Å²) < 4.78 is 0. The van der Waals surface area contributed by atoms with E-state index in [0.29, 0.717) is 12.4 Å². The van der Waals surface area contributed by atoms with Gasteiger partial charge in [0.15, 0.2) is 0 Å². The largest absolute Gasteiger partial charge is 0.332 e. The molecule has 0 saturated carbocycles. The van der Waals surface area contributed by atoms with E-state index < -0.39 is 0 Å². The molecule has 0 radical (unpaired) electrons. The van der Waals surface area contributed by atoms with Crippen LogP contribution in [0, 0.1) is 5.92 Å². The van der Waals surface area contributed by atoms with Crippen molar-refractivity contribution < 1.29 is 9.59 Å². The number of fused-ring (bicyclic) bond motifs is 1. The first kappa shape index (κ1) is 16.0. The summed E-state index contributed by atoms with van der Waals surface area (Å²) in [6.45, 7) is 4.19. The SMILES string of the molecule is CC[C@@H](C)C(=O)Nc1ccc2c(n1)CNC(=O)N2c1ccccc1. The Morgan fingerprint density at radius 1 is 1.29 bits per heavy atom. The molecule has 3 amide bonds. The first-order valence-corrected chi connectivity index (χ1v) is 8.04. The van der Waals surface area contributed by atoms with Crippen LogP contribution in [0.15, 0.2) is 42.5 Å². The number of anilines is 3. The molecule has 1 aliphatic rings. The molecule has 6 heteroatoms. The number of benzene rings is 1. The highest BCUT2D eigenvalue weighted by Crippen LogP contribution is 2.31. The predicted molar refractivity (Wildman–Crippen MR) is 93.1 cm³/mol. The van der Waals surface area contributed by atoms with Crippen LogP contribution in [-0.2, 0) is 11.3 Å². The molecule has 2 heterocycles. The number of rotatable bonds is 4. The van der Waals surface area contributed by atoms with Crippen LogP contribution in [-0.4, -0.2) is 16.9 Å². The molecule has 3 rings (SSSR count). The van der Waals surface area contributed by atoms with Gasteiger partial charge in [0, 0.05) is 5.92 Å². The van der Waals surface area contributed by atoms with Crippen molar-refractivity contribution in [1.29, 1.82) is 0 Å². The summed E-state index contributed by atoms with van der Waals surface area (Å²) in [7, 11) is 0. The molecule has 1 aliphatic heterocycles. The summed E-state index contributed by atoms with van der Waals surface area (Å²) in [6.07, 6.45) is 0.772. The van der Waals surface area contributed by atoms with Crippen molar-refractivity contribution in [3.05, 3.63) is 48.2 Å². The molecule has 0 bridgehead atoms. The van der Waals surface area contributed by atoms with E-state index in [-0.39, 0.29) is 17.9 Å². The third-order valence-corrected chi connectivity index (χ3v) is 4.13. The number of hydrogen-bond acceptors (Lipinski definition) is 3. The molecule has 1 aromatic heterocycles. The summed E-state index contributed by atoms with van der Waals surface area (Å²) in [5.74, 6) is 0.385. The predicted octanol–water partition coefficient (Wildman–Crippen LogP) is 3.43. The van der Waals surface area contributed by atoms with Crippen LogP contribution in [0.5, 0.6) is 0 Å². The molecule has 0 unspecified atom stereocenters. The van der Waals surface area contributed by atoms with Crippen molar-refractivity contribution in [3.8, 4) is 0 Å². The molecular weight excluding hydrogens is 304 g/mol. The van der Waals surface area contributed by atoms with Crippen LogP contribution in [0.25, 0.3) is 0 Å². The first-order valence-electron chi connectivity index (χ1n) is 8.04. The Balaban J connectivity index is 1.90. The lowest BCUT2D eigenvalue weighted by molar-refractivity contribution is -0.119. The van der Waals surface area contributed by atoms with Crippen LogP contribution < -0.4 is 15.5 Å². The standard InChI is InChI=1S/C18H20N4O2/c1-3-12(2)17(23)21-16-10-9-15-14(20-16)11-19-18(24)22(15)13-7-5-4-6-8-13/h4-10,12H,3,11H2,1-2H3,(H,19,24)(H,20,21,23)/t12-/m1/s1. The van der Waals surface area contributed by atoms with Gasteiger partial charge in [-0.1, -0.05) is 32.0 Å². The zero-order valence-corrected chi connectivity index (χ0v) is 13.7. The van der Waals surface area contributed by atoms with Gasteiger partial charge in [0.25, 0.3) is 0 Å². The van der Waals surface area contributed by atoms with E-state index in [9.17, 15) is 9.59 Å². The number of hydrogen-bond donors (Lipinski definition) is 2. The number of para-hydroxylation sites is 1. The van der Waals surface area contributed by atoms with E-state index >= 15 is 0 Å². The maximum absolute atomic E-state index is 12.3. The average Bonchev–Trinajstić information content (AvgIpc) is 2.61. The second-order valence-corrected chi connectivity index (χ2v) is 5.79. The van der Waals surface area contributed by atoms with E-state index in [1.165, 1.54) is 0 Å². The fourth-order valence-electron chi connectivity index (χ4n) is 2.51. The molecule has 0 fully saturated rings. The van der Waals surface area contributed by atoms with E-state index in [2.05, 4.69) is 15.6 Å². The molecule has 24 heavy (non-hydrogen) atoms. The molecule has 6 nitrogen and oxygen atoms in total. The van der Waals surface area contributed by atoms with Crippen LogP contribution in [0.2, 0.25) is 0 Å². The Labute approximate surface area is 140 Å². The third kappa shape index (κ3) is 3.08. The van der Waals surface area contributed by atoms with Crippen LogP contribution >= 0.6 is 0 Å². The minimum atomic E-state index is -0.188. The fourth-order valence-corrected chi connectivity index (χ4v) is 2.51. The minimum Gasteiger partial charge on any atom is -0.332 e. The maximum atomic E-state index is 12.3. The summed E-state index contributed by atoms with van der Waals surface area (Å²) in [4.78, 5) is 30.4. The van der Waals surface area contributed by atoms with E-state index in [0.717, 1.165) is 23.5 Å². The normalized spacial score (nSPS) is 14.6. The number of nitrogens with one attached hydrogen (secondary N) is 2. The van der Waals surface area contributed by atoms with Crippen LogP contribution in [0.4, 0.5) is 22.0 Å². The molecule has 0 spiro atoms. The second-order valence-electron chi connectivity index (χ2n) is 5.79. The van der Waals surface area contributed by atoms with Crippen molar-refractivity contribution in [2.75, 3.05) is 10.2 Å². The Morgan fingerprint density at radius 3 is 2.75 bits per heavy atom. The molecule has 2 N–H and O–H groups in total. The second kappa shape index (κ2) is 6.70. The molecular formula is C18H20N4O2. The summed E-state index contributed by atoms with van der Waals surface area (Å²) >= 11 is 0. The zero-order chi connectivity index (χ0) is 17.1. The van der Waals surface area contributed by atoms with Crippen LogP contribution in [0.3, 0.4) is 0 Å². The number of amides is 3. The van der Waals surface area contributed by atoms with Gasteiger partial charge in [0.1, 0.15) is 5.82 Å². The topological polar surface area (TPSA) is 74.3 Å². The summed E-state index contributed by atoms with van der Waals surface area (Å²) in [5, 5.41) is 5.64. The minimum absolute atomic E-state index is 0.0512. The quantitative estimate of drug-likeness (QED) is 0.905. The molecule has 2 aromatic rings. The lowest BCUT2D eigenvalue weighted by Crippen LogP contribution is -2.41. The summed E-state index contributed by atoms with van der Waals surface area (Å²) in [6, 6.07) is 12.8. The van der Waals surface area contributed by atoms with Crippen molar-refractivity contribution in [2.24, 2.45) is 5.92 Å². The zero-order valence-electron chi connectivity index (χ0n) is 13.7. The molecule has 124 valence electrons. The molecule has 1 aromatic carbocycles. The number of aromatic nitrogens is 1. The number of pyridine rings is 1. The Kier molecular flexibility index (Phi) is 4.46. The van der Waals surface area contributed by atoms with Gasteiger partial charge >= 0.3 is 6.03 Å². The first-order chi connectivity index (χ1) is 11.6. The monoisotopic (exact) mass is 324 g/mol. The lowest BCUT2D eigenvalue weighted by atomic mass is 10.1. The van der Waals surface area contributed by atoms with Gasteiger partial charge in [0.2, 0.25) is 5.91 Å². The average molecular weight is 324 g/mol. The van der Waals surface area contributed by atoms with Gasteiger partial charge in [-0.05, 0) is 30.7 Å². The van der Waals surface area contributed by atoms with Gasteiger partial charge in [-0.2, -0.15) is 0 Å². The number of urea groups is 1. The number of carbonyl (C=O) groups excluding carboxylic acids is 2. The third-order valence-electron chi connectivity index (χ3n) is 4.13. The Morgan fingerprint density at radius 2 is 2.04 bits per heavy atom. The number of nitrogens with zero attached hydrogens (tertiary/aromatic N) is 2. The van der Waals surface area contributed by atoms with Gasteiger partial charge in [-0.15, -0.1) is 0 Å². The highest BCUT2D eigenvalue weighted by molar-refractivity contribution is 6.01. The van der Waals surface area contributed by atoms with Crippen molar-refractivity contribution in [2.45, 2.75) is 26.8 Å². The van der Waals surface area contributed by atoms with Gasteiger partial charge in [0.05, 0.1) is 23.6 Å². The molecule has 0 saturated heterocycles. The van der Waals surface area contributed by atoms with Crippen molar-refractivity contribution >= 4 is 29.1 Å². The van der Waals surface area contributed by atoms with Gasteiger partial charge < -0.3 is 10.6 Å². The Hall–Kier alpha value is -2.89.